The van der Waals surface area contributed by atoms with Crippen LogP contribution in [-0.2, 0) is 33.5 Å². The van der Waals surface area contributed by atoms with E-state index in [1.807, 2.05) is 36.4 Å². The molecule has 0 aliphatic carbocycles. The zero-order chi connectivity index (χ0) is 19.4. The van der Waals surface area contributed by atoms with Crippen molar-refractivity contribution in [2.45, 2.75) is 65.6 Å². The molecule has 0 aliphatic heterocycles. The van der Waals surface area contributed by atoms with Crippen molar-refractivity contribution < 1.29 is 14.3 Å². The summed E-state index contributed by atoms with van der Waals surface area (Å²) in [6.45, 7) is 13.3. The molecular formula is C23H30O3. The molecule has 0 aromatic heterocycles. The molecule has 0 saturated heterocycles. The van der Waals surface area contributed by atoms with Gasteiger partial charge in [0, 0.05) is 0 Å². The molecule has 0 N–H and O–H groups in total. The fraction of sp³-hybridized carbons (Fsp3) is 0.435. The quantitative estimate of drug-likeness (QED) is 0.619. The van der Waals surface area contributed by atoms with E-state index in [1.54, 1.807) is 0 Å². The predicted octanol–water partition coefficient (Wildman–Crippen LogP) is 6.14. The van der Waals surface area contributed by atoms with Crippen molar-refractivity contribution in [2.75, 3.05) is 0 Å². The molecule has 140 valence electrons. The zero-order valence-corrected chi connectivity index (χ0v) is 16.8. The molecule has 26 heavy (non-hydrogen) atoms. The van der Waals surface area contributed by atoms with Crippen molar-refractivity contribution in [3.05, 3.63) is 70.8 Å². The first-order chi connectivity index (χ1) is 12.1. The van der Waals surface area contributed by atoms with E-state index in [0.29, 0.717) is 0 Å². The summed E-state index contributed by atoms with van der Waals surface area (Å²) in [6, 6.07) is 16.0. The van der Waals surface area contributed by atoms with Crippen LogP contribution in [0.15, 0.2) is 48.5 Å². The van der Waals surface area contributed by atoms with Gasteiger partial charge in [-0.1, -0.05) is 90.1 Å². The van der Waals surface area contributed by atoms with Crippen molar-refractivity contribution in [1.82, 2.24) is 0 Å². The number of rotatable bonds is 4. The average molecular weight is 354 g/mol. The van der Waals surface area contributed by atoms with Crippen LogP contribution in [-0.4, -0.2) is 6.16 Å². The first kappa shape index (κ1) is 20.0. The Hall–Kier alpha value is -2.29. The molecule has 2 aromatic rings. The highest BCUT2D eigenvalue weighted by molar-refractivity contribution is 5.60. The summed E-state index contributed by atoms with van der Waals surface area (Å²) in [5.41, 5.74) is 4.35. The lowest BCUT2D eigenvalue weighted by Crippen LogP contribution is -2.17. The molecule has 0 heterocycles. The Morgan fingerprint density at radius 3 is 1.38 bits per heavy atom. The van der Waals surface area contributed by atoms with E-state index in [0.717, 1.165) is 11.1 Å². The normalized spacial score (nSPS) is 11.9. The van der Waals surface area contributed by atoms with Gasteiger partial charge < -0.3 is 9.47 Å². The molecule has 0 saturated carbocycles. The summed E-state index contributed by atoms with van der Waals surface area (Å²) in [7, 11) is 0. The van der Waals surface area contributed by atoms with Crippen molar-refractivity contribution in [3.63, 3.8) is 0 Å². The molecule has 0 fully saturated rings. The summed E-state index contributed by atoms with van der Waals surface area (Å²) >= 11 is 0. The largest absolute Gasteiger partial charge is 0.508 e. The molecule has 0 bridgehead atoms. The number of hydrogen-bond acceptors (Lipinski definition) is 3. The van der Waals surface area contributed by atoms with E-state index in [-0.39, 0.29) is 24.0 Å². The van der Waals surface area contributed by atoms with Gasteiger partial charge in [0.25, 0.3) is 0 Å². The van der Waals surface area contributed by atoms with Crippen LogP contribution in [0, 0.1) is 0 Å². The standard InChI is InChI=1S/C23H30O3/c1-22(2,3)19-13-9-7-11-17(19)15-25-21(24)26-16-18-12-8-10-14-20(18)23(4,5)6/h7-14H,15-16H2,1-6H3. The van der Waals surface area contributed by atoms with Crippen LogP contribution in [0.3, 0.4) is 0 Å². The Morgan fingerprint density at radius 2 is 1.04 bits per heavy atom. The van der Waals surface area contributed by atoms with E-state index in [2.05, 4.69) is 53.7 Å². The third kappa shape index (κ3) is 5.35. The van der Waals surface area contributed by atoms with Crippen LogP contribution in [0.5, 0.6) is 0 Å². The van der Waals surface area contributed by atoms with Gasteiger partial charge in [0.15, 0.2) is 0 Å². The Bertz CT molecular complexity index is 685. The third-order valence-electron chi connectivity index (χ3n) is 4.34. The smallest absolute Gasteiger partial charge is 0.429 e. The van der Waals surface area contributed by atoms with Gasteiger partial charge in [0.2, 0.25) is 0 Å². The fourth-order valence-electron chi connectivity index (χ4n) is 3.07. The van der Waals surface area contributed by atoms with Gasteiger partial charge in [-0.25, -0.2) is 4.79 Å². The maximum atomic E-state index is 12.1. The van der Waals surface area contributed by atoms with Gasteiger partial charge in [0.05, 0.1) is 0 Å². The van der Waals surface area contributed by atoms with Crippen LogP contribution in [0.25, 0.3) is 0 Å². The zero-order valence-electron chi connectivity index (χ0n) is 16.8. The molecule has 0 radical (unpaired) electrons. The number of ether oxygens (including phenoxy) is 2. The number of benzene rings is 2. The Kier molecular flexibility index (Phi) is 6.12. The van der Waals surface area contributed by atoms with Crippen LogP contribution in [0.4, 0.5) is 4.79 Å². The molecular weight excluding hydrogens is 324 g/mol. The summed E-state index contributed by atoms with van der Waals surface area (Å²) < 4.78 is 10.7. The van der Waals surface area contributed by atoms with Crippen molar-refractivity contribution in [3.8, 4) is 0 Å². The van der Waals surface area contributed by atoms with E-state index >= 15 is 0 Å². The highest BCUT2D eigenvalue weighted by Crippen LogP contribution is 2.27. The highest BCUT2D eigenvalue weighted by atomic mass is 16.7. The number of carbonyl (C=O) groups excluding carboxylic acids is 1. The highest BCUT2D eigenvalue weighted by Gasteiger charge is 2.20. The van der Waals surface area contributed by atoms with Gasteiger partial charge in [-0.05, 0) is 33.1 Å². The minimum atomic E-state index is -0.641. The maximum Gasteiger partial charge on any atom is 0.508 e. The Morgan fingerprint density at radius 1 is 0.692 bits per heavy atom. The Balaban J connectivity index is 1.98. The second kappa shape index (κ2) is 7.94. The van der Waals surface area contributed by atoms with E-state index in [9.17, 15) is 4.79 Å². The third-order valence-corrected chi connectivity index (χ3v) is 4.34. The van der Waals surface area contributed by atoms with Crippen molar-refractivity contribution in [2.24, 2.45) is 0 Å². The van der Waals surface area contributed by atoms with Crippen LogP contribution in [0.1, 0.15) is 63.8 Å². The minimum Gasteiger partial charge on any atom is -0.429 e. The lowest BCUT2D eigenvalue weighted by Gasteiger charge is -2.23. The summed E-state index contributed by atoms with van der Waals surface area (Å²) in [5.74, 6) is 0. The van der Waals surface area contributed by atoms with Gasteiger partial charge >= 0.3 is 6.16 Å². The molecule has 2 rings (SSSR count). The number of hydrogen-bond donors (Lipinski definition) is 0. The van der Waals surface area contributed by atoms with Gasteiger partial charge in [-0.2, -0.15) is 0 Å². The first-order valence-electron chi connectivity index (χ1n) is 9.05. The molecule has 0 spiro atoms. The van der Waals surface area contributed by atoms with Crippen LogP contribution in [0.2, 0.25) is 0 Å². The van der Waals surface area contributed by atoms with E-state index in [4.69, 9.17) is 9.47 Å². The minimum absolute atomic E-state index is 0.00446. The van der Waals surface area contributed by atoms with Crippen LogP contribution < -0.4 is 0 Å². The SMILES string of the molecule is CC(C)(C)c1ccccc1COC(=O)OCc1ccccc1C(C)(C)C. The van der Waals surface area contributed by atoms with Crippen LogP contribution >= 0.6 is 0 Å². The summed E-state index contributed by atoms with van der Waals surface area (Å²) in [6.07, 6.45) is -0.641. The van der Waals surface area contributed by atoms with Crippen molar-refractivity contribution in [1.29, 1.82) is 0 Å². The topological polar surface area (TPSA) is 35.5 Å². The Labute approximate surface area is 157 Å². The molecule has 0 aliphatic rings. The maximum absolute atomic E-state index is 12.1. The van der Waals surface area contributed by atoms with Gasteiger partial charge in [-0.3, -0.25) is 0 Å². The number of carbonyl (C=O) groups is 1. The summed E-state index contributed by atoms with van der Waals surface area (Å²) in [4.78, 5) is 12.1. The lowest BCUT2D eigenvalue weighted by atomic mass is 9.84. The molecule has 2 aromatic carbocycles. The molecule has 0 unspecified atom stereocenters. The van der Waals surface area contributed by atoms with E-state index < -0.39 is 6.16 Å². The monoisotopic (exact) mass is 354 g/mol. The lowest BCUT2D eigenvalue weighted by molar-refractivity contribution is 0.0440. The predicted molar refractivity (Wildman–Crippen MR) is 105 cm³/mol. The van der Waals surface area contributed by atoms with Gasteiger partial charge in [-0.15, -0.1) is 0 Å². The second-order valence-corrected chi connectivity index (χ2v) is 8.64. The second-order valence-electron chi connectivity index (χ2n) is 8.64. The average Bonchev–Trinajstić information content (AvgIpc) is 2.57. The fourth-order valence-corrected chi connectivity index (χ4v) is 3.07. The van der Waals surface area contributed by atoms with Gasteiger partial charge in [0.1, 0.15) is 13.2 Å². The first-order valence-corrected chi connectivity index (χ1v) is 9.05. The molecule has 3 heteroatoms. The molecule has 0 amide bonds. The molecule has 0 atom stereocenters. The van der Waals surface area contributed by atoms with E-state index in [1.165, 1.54) is 11.1 Å². The van der Waals surface area contributed by atoms with Crippen molar-refractivity contribution >= 4 is 6.16 Å². The summed E-state index contributed by atoms with van der Waals surface area (Å²) in [5, 5.41) is 0. The molecule has 3 nitrogen and oxygen atoms in total.